The Morgan fingerprint density at radius 2 is 1.24 bits per heavy atom. The van der Waals surface area contributed by atoms with Gasteiger partial charge in [-0.05, 0) is 41.5 Å². The maximum absolute atomic E-state index is 9.87. The first-order valence-electron chi connectivity index (χ1n) is 7.83. The Kier molecular flexibility index (Phi) is 3.42. The smallest absolute Gasteiger partial charge is 0.135 e. The van der Waals surface area contributed by atoms with Crippen LogP contribution in [0.1, 0.15) is 28.7 Å². The molecule has 0 unspecified atom stereocenters. The van der Waals surface area contributed by atoms with Gasteiger partial charge in [0.2, 0.25) is 0 Å². The summed E-state index contributed by atoms with van der Waals surface area (Å²) in [7, 11) is 0. The van der Waals surface area contributed by atoms with E-state index in [0.29, 0.717) is 11.3 Å². The average Bonchev–Trinajstić information content (AvgIpc) is 2.93. The second-order valence-corrected chi connectivity index (χ2v) is 6.11. The number of phenols is 4. The second-order valence-electron chi connectivity index (χ2n) is 6.11. The lowest BCUT2D eigenvalue weighted by Gasteiger charge is -2.20. The Hall–Kier alpha value is -3.34. The lowest BCUT2D eigenvalue weighted by molar-refractivity contribution is 0.221. The molecule has 5 nitrogen and oxygen atoms in total. The highest BCUT2D eigenvalue weighted by molar-refractivity contribution is 5.53. The minimum Gasteiger partial charge on any atom is -0.508 e. The molecular weight excluding hydrogens is 320 g/mol. The number of hydrogen-bond acceptors (Lipinski definition) is 5. The third-order valence-electron chi connectivity index (χ3n) is 4.39. The SMILES string of the molecule is Oc1ccc([C@H]2Oc3cc(O)ccc3[C@@H]2c2cc(O)cc(O)c2)cc1. The molecule has 0 bridgehead atoms. The van der Waals surface area contributed by atoms with Gasteiger partial charge in [-0.3, -0.25) is 0 Å². The number of fused-ring (bicyclic) bond motifs is 1. The van der Waals surface area contributed by atoms with Gasteiger partial charge in [0.25, 0.3) is 0 Å². The molecular formula is C20H16O5. The van der Waals surface area contributed by atoms with Gasteiger partial charge in [0.05, 0.1) is 5.92 Å². The van der Waals surface area contributed by atoms with Gasteiger partial charge in [-0.2, -0.15) is 0 Å². The largest absolute Gasteiger partial charge is 0.508 e. The third kappa shape index (κ3) is 2.70. The summed E-state index contributed by atoms with van der Waals surface area (Å²) in [6.07, 6.45) is -0.418. The molecule has 4 N–H and O–H groups in total. The molecule has 0 saturated carbocycles. The van der Waals surface area contributed by atoms with E-state index in [1.165, 1.54) is 6.07 Å². The van der Waals surface area contributed by atoms with Crippen molar-refractivity contribution in [3.63, 3.8) is 0 Å². The summed E-state index contributed by atoms with van der Waals surface area (Å²) in [4.78, 5) is 0. The first-order chi connectivity index (χ1) is 12.0. The topological polar surface area (TPSA) is 90.2 Å². The highest BCUT2D eigenvalue weighted by Crippen LogP contribution is 2.51. The predicted molar refractivity (Wildman–Crippen MR) is 91.2 cm³/mol. The van der Waals surface area contributed by atoms with Crippen molar-refractivity contribution < 1.29 is 25.2 Å². The first kappa shape index (κ1) is 15.2. The molecule has 2 atom stereocenters. The van der Waals surface area contributed by atoms with E-state index >= 15 is 0 Å². The zero-order chi connectivity index (χ0) is 17.6. The third-order valence-corrected chi connectivity index (χ3v) is 4.39. The molecule has 0 spiro atoms. The molecule has 1 aliphatic heterocycles. The van der Waals surface area contributed by atoms with Crippen molar-refractivity contribution >= 4 is 0 Å². The summed E-state index contributed by atoms with van der Waals surface area (Å²) >= 11 is 0. The fourth-order valence-electron chi connectivity index (χ4n) is 3.33. The number of ether oxygens (including phenoxy) is 1. The molecule has 0 saturated heterocycles. The summed E-state index contributed by atoms with van der Waals surface area (Å²) in [5.41, 5.74) is 2.38. The lowest BCUT2D eigenvalue weighted by atomic mass is 9.85. The molecule has 0 fully saturated rings. The summed E-state index contributed by atoms with van der Waals surface area (Å²) in [6.45, 7) is 0. The molecule has 4 rings (SSSR count). The van der Waals surface area contributed by atoms with Crippen LogP contribution in [0, 0.1) is 0 Å². The van der Waals surface area contributed by atoms with Crippen LogP contribution in [-0.4, -0.2) is 20.4 Å². The van der Waals surface area contributed by atoms with Gasteiger partial charge in [0.1, 0.15) is 34.9 Å². The maximum atomic E-state index is 9.87. The highest BCUT2D eigenvalue weighted by Gasteiger charge is 2.37. The minimum atomic E-state index is -0.418. The monoisotopic (exact) mass is 336 g/mol. The van der Waals surface area contributed by atoms with Gasteiger partial charge in [0, 0.05) is 17.7 Å². The summed E-state index contributed by atoms with van der Waals surface area (Å²) in [6, 6.07) is 16.0. The van der Waals surface area contributed by atoms with Crippen molar-refractivity contribution in [2.45, 2.75) is 12.0 Å². The molecule has 0 amide bonds. The molecule has 5 heteroatoms. The van der Waals surface area contributed by atoms with Gasteiger partial charge < -0.3 is 25.2 Å². The van der Waals surface area contributed by atoms with E-state index in [1.807, 2.05) is 0 Å². The van der Waals surface area contributed by atoms with E-state index in [4.69, 9.17) is 4.74 Å². The number of benzene rings is 3. The van der Waals surface area contributed by atoms with Crippen LogP contribution in [-0.2, 0) is 0 Å². The minimum absolute atomic E-state index is 0.0355. The Balaban J connectivity index is 1.87. The van der Waals surface area contributed by atoms with Gasteiger partial charge in [0.15, 0.2) is 0 Å². The van der Waals surface area contributed by atoms with E-state index in [0.717, 1.165) is 11.1 Å². The molecule has 1 heterocycles. The van der Waals surface area contributed by atoms with E-state index in [9.17, 15) is 20.4 Å². The molecule has 0 radical (unpaired) electrons. The van der Waals surface area contributed by atoms with Crippen LogP contribution in [0.2, 0.25) is 0 Å². The van der Waals surface area contributed by atoms with Crippen LogP contribution in [0.15, 0.2) is 60.7 Å². The molecule has 3 aromatic carbocycles. The van der Waals surface area contributed by atoms with E-state index in [1.54, 1.807) is 54.6 Å². The van der Waals surface area contributed by atoms with Crippen molar-refractivity contribution in [3.05, 3.63) is 77.4 Å². The van der Waals surface area contributed by atoms with Crippen molar-refractivity contribution in [2.75, 3.05) is 0 Å². The summed E-state index contributed by atoms with van der Waals surface area (Å²) < 4.78 is 6.06. The van der Waals surface area contributed by atoms with E-state index < -0.39 is 6.10 Å². The highest BCUT2D eigenvalue weighted by atomic mass is 16.5. The fourth-order valence-corrected chi connectivity index (χ4v) is 3.33. The Labute approximate surface area is 144 Å². The summed E-state index contributed by atoms with van der Waals surface area (Å²) in [5, 5.41) is 39.0. The van der Waals surface area contributed by atoms with Crippen molar-refractivity contribution in [3.8, 4) is 28.7 Å². The van der Waals surface area contributed by atoms with Gasteiger partial charge >= 0.3 is 0 Å². The van der Waals surface area contributed by atoms with Crippen LogP contribution in [0.25, 0.3) is 0 Å². The zero-order valence-corrected chi connectivity index (χ0v) is 13.1. The Bertz CT molecular complexity index is 913. The van der Waals surface area contributed by atoms with Crippen LogP contribution < -0.4 is 4.74 Å². The Morgan fingerprint density at radius 3 is 1.92 bits per heavy atom. The van der Waals surface area contributed by atoms with Crippen molar-refractivity contribution in [1.29, 1.82) is 0 Å². The maximum Gasteiger partial charge on any atom is 0.135 e. The number of aromatic hydroxyl groups is 4. The van der Waals surface area contributed by atoms with Gasteiger partial charge in [-0.1, -0.05) is 18.2 Å². The molecule has 0 aliphatic carbocycles. The zero-order valence-electron chi connectivity index (χ0n) is 13.1. The average molecular weight is 336 g/mol. The molecule has 0 aromatic heterocycles. The fraction of sp³-hybridized carbons (Fsp3) is 0.100. The number of rotatable bonds is 2. The van der Waals surface area contributed by atoms with Gasteiger partial charge in [-0.25, -0.2) is 0 Å². The summed E-state index contributed by atoms with van der Waals surface area (Å²) in [5.74, 6) is 0.452. The number of hydrogen-bond donors (Lipinski definition) is 4. The number of phenolic OH excluding ortho intramolecular Hbond substituents is 4. The molecule has 1 aliphatic rings. The lowest BCUT2D eigenvalue weighted by Crippen LogP contribution is -2.11. The standard InChI is InChI=1S/C20H16O5/c21-13-3-1-11(2-4-13)20-19(12-7-15(23)9-16(24)8-12)17-6-5-14(22)10-18(17)25-20/h1-10,19-24H/t19-,20+/m0/s1. The van der Waals surface area contributed by atoms with Gasteiger partial charge in [-0.15, -0.1) is 0 Å². The van der Waals surface area contributed by atoms with E-state index in [-0.39, 0.29) is 28.9 Å². The molecule has 25 heavy (non-hydrogen) atoms. The van der Waals surface area contributed by atoms with Crippen molar-refractivity contribution in [2.24, 2.45) is 0 Å². The second kappa shape index (κ2) is 5.63. The molecule has 126 valence electrons. The normalized spacial score (nSPS) is 18.6. The Morgan fingerprint density at radius 1 is 0.600 bits per heavy atom. The van der Waals surface area contributed by atoms with Crippen LogP contribution in [0.3, 0.4) is 0 Å². The predicted octanol–water partition coefficient (Wildman–Crippen LogP) is 3.77. The first-order valence-corrected chi connectivity index (χ1v) is 7.83. The van der Waals surface area contributed by atoms with Crippen LogP contribution in [0.4, 0.5) is 0 Å². The van der Waals surface area contributed by atoms with Crippen LogP contribution >= 0.6 is 0 Å². The van der Waals surface area contributed by atoms with Crippen LogP contribution in [0.5, 0.6) is 28.7 Å². The van der Waals surface area contributed by atoms with Crippen molar-refractivity contribution in [1.82, 2.24) is 0 Å². The quantitative estimate of drug-likeness (QED) is 0.572. The molecule has 3 aromatic rings. The van der Waals surface area contributed by atoms with E-state index in [2.05, 4.69) is 0 Å².